The van der Waals surface area contributed by atoms with Gasteiger partial charge >= 0.3 is 12.0 Å². The largest absolute Gasteiger partial charge is 0.480 e. The summed E-state index contributed by atoms with van der Waals surface area (Å²) in [5.74, 6) is -0.0418. The van der Waals surface area contributed by atoms with Crippen LogP contribution in [0.3, 0.4) is 0 Å². The number of amides is 2. The quantitative estimate of drug-likeness (QED) is 0.821. The van der Waals surface area contributed by atoms with Crippen LogP contribution in [0.5, 0.6) is 0 Å². The molecule has 7 nitrogen and oxygen atoms in total. The number of carbonyl (C=O) groups excluding carboxylic acids is 1. The second-order valence-electron chi connectivity index (χ2n) is 7.64. The number of aliphatic carboxylic acids is 1. The molecule has 2 aromatic rings. The maximum absolute atomic E-state index is 12.8. The molecule has 1 aromatic carbocycles. The minimum absolute atomic E-state index is 0.0270. The standard InChI is InChI=1S/C21H29N3O4/c1-14-17-8-4-5-9-18(17)28-20(14)15(2)22-21(27)24-11-6-7-16(10-12-24)23(3)13-19(25)26/h4-5,8-9,15-16H,6-7,10-13H2,1-3H3,(H,22,27)(H,25,26)/t15-,16?/m0/s1. The van der Waals surface area contributed by atoms with Gasteiger partial charge in [-0.15, -0.1) is 0 Å². The molecule has 0 radical (unpaired) electrons. The zero-order valence-corrected chi connectivity index (χ0v) is 16.8. The highest BCUT2D eigenvalue weighted by Gasteiger charge is 2.26. The number of nitrogens with zero attached hydrogens (tertiary/aromatic N) is 2. The molecule has 2 heterocycles. The van der Waals surface area contributed by atoms with Crippen molar-refractivity contribution >= 4 is 23.0 Å². The van der Waals surface area contributed by atoms with E-state index in [1.54, 1.807) is 0 Å². The summed E-state index contributed by atoms with van der Waals surface area (Å²) in [4.78, 5) is 27.4. The molecule has 1 fully saturated rings. The molecule has 1 aliphatic heterocycles. The summed E-state index contributed by atoms with van der Waals surface area (Å²) in [6, 6.07) is 7.73. The molecule has 3 rings (SSSR count). The lowest BCUT2D eigenvalue weighted by Crippen LogP contribution is -2.42. The number of aryl methyl sites for hydroxylation is 1. The van der Waals surface area contributed by atoms with E-state index in [0.717, 1.165) is 41.6 Å². The molecule has 2 atom stereocenters. The van der Waals surface area contributed by atoms with E-state index in [-0.39, 0.29) is 24.7 Å². The van der Waals surface area contributed by atoms with E-state index in [1.165, 1.54) is 0 Å². The summed E-state index contributed by atoms with van der Waals surface area (Å²) in [6.45, 7) is 5.27. The van der Waals surface area contributed by atoms with E-state index in [1.807, 2.05) is 55.0 Å². The molecule has 0 spiro atoms. The Morgan fingerprint density at radius 3 is 2.79 bits per heavy atom. The first-order chi connectivity index (χ1) is 13.4. The molecule has 1 aliphatic rings. The molecule has 2 N–H and O–H groups in total. The number of benzene rings is 1. The molecule has 152 valence electrons. The van der Waals surface area contributed by atoms with E-state index in [4.69, 9.17) is 9.52 Å². The van der Waals surface area contributed by atoms with E-state index in [2.05, 4.69) is 5.32 Å². The Morgan fingerprint density at radius 1 is 1.32 bits per heavy atom. The molecule has 1 saturated heterocycles. The first kappa shape index (κ1) is 20.2. The lowest BCUT2D eigenvalue weighted by atomic mass is 10.1. The number of fused-ring (bicyclic) bond motifs is 1. The number of urea groups is 1. The van der Waals surface area contributed by atoms with Crippen LogP contribution in [0, 0.1) is 6.92 Å². The highest BCUT2D eigenvalue weighted by molar-refractivity contribution is 5.82. The van der Waals surface area contributed by atoms with Crippen molar-refractivity contribution in [2.75, 3.05) is 26.7 Å². The monoisotopic (exact) mass is 387 g/mol. The van der Waals surface area contributed by atoms with Gasteiger partial charge in [0.25, 0.3) is 0 Å². The minimum Gasteiger partial charge on any atom is -0.480 e. The third-order valence-electron chi connectivity index (χ3n) is 5.61. The molecule has 1 aromatic heterocycles. The fourth-order valence-corrected chi connectivity index (χ4v) is 4.01. The van der Waals surface area contributed by atoms with Crippen molar-refractivity contribution < 1.29 is 19.1 Å². The van der Waals surface area contributed by atoms with E-state index < -0.39 is 5.97 Å². The number of furan rings is 1. The van der Waals surface area contributed by atoms with Crippen molar-refractivity contribution in [2.24, 2.45) is 0 Å². The predicted octanol–water partition coefficient (Wildman–Crippen LogP) is 3.38. The zero-order valence-electron chi connectivity index (χ0n) is 16.8. The number of carboxylic acid groups (broad SMARTS) is 1. The number of likely N-dealkylation sites (N-methyl/N-ethyl adjacent to an activating group) is 1. The van der Waals surface area contributed by atoms with Crippen molar-refractivity contribution in [2.45, 2.75) is 45.2 Å². The van der Waals surface area contributed by atoms with Crippen LogP contribution < -0.4 is 5.32 Å². The average molecular weight is 387 g/mol. The van der Waals surface area contributed by atoms with Gasteiger partial charge in [-0.3, -0.25) is 9.69 Å². The van der Waals surface area contributed by atoms with Crippen LogP contribution in [-0.4, -0.2) is 59.6 Å². The fourth-order valence-electron chi connectivity index (χ4n) is 4.01. The van der Waals surface area contributed by atoms with Crippen LogP contribution in [0.15, 0.2) is 28.7 Å². The lowest BCUT2D eigenvalue weighted by Gasteiger charge is -2.26. The van der Waals surface area contributed by atoms with Crippen LogP contribution in [-0.2, 0) is 4.79 Å². The number of carbonyl (C=O) groups is 2. The SMILES string of the molecule is Cc1c([C@H](C)NC(=O)N2CCCC(N(C)CC(=O)O)CC2)oc2ccccc12. The van der Waals surface area contributed by atoms with Crippen LogP contribution in [0.2, 0.25) is 0 Å². The van der Waals surface area contributed by atoms with Crippen molar-refractivity contribution in [3.8, 4) is 0 Å². The summed E-state index contributed by atoms with van der Waals surface area (Å²) in [7, 11) is 1.83. The second kappa shape index (κ2) is 8.65. The Hall–Kier alpha value is -2.54. The maximum Gasteiger partial charge on any atom is 0.317 e. The zero-order chi connectivity index (χ0) is 20.3. The Labute approximate surface area is 165 Å². The molecule has 0 saturated carbocycles. The topological polar surface area (TPSA) is 86.0 Å². The summed E-state index contributed by atoms with van der Waals surface area (Å²) < 4.78 is 5.96. The van der Waals surface area contributed by atoms with Crippen LogP contribution >= 0.6 is 0 Å². The highest BCUT2D eigenvalue weighted by Crippen LogP contribution is 2.29. The Morgan fingerprint density at radius 2 is 2.07 bits per heavy atom. The summed E-state index contributed by atoms with van der Waals surface area (Å²) in [5.41, 5.74) is 1.88. The second-order valence-corrected chi connectivity index (χ2v) is 7.64. The number of carboxylic acids is 1. The number of nitrogens with one attached hydrogen (secondary N) is 1. The first-order valence-corrected chi connectivity index (χ1v) is 9.82. The van der Waals surface area contributed by atoms with Gasteiger partial charge in [0.05, 0.1) is 12.6 Å². The average Bonchev–Trinajstić information content (AvgIpc) is 2.82. The van der Waals surface area contributed by atoms with Gasteiger partial charge in [0.1, 0.15) is 11.3 Å². The minimum atomic E-state index is -0.823. The summed E-state index contributed by atoms with van der Waals surface area (Å²) in [6.07, 6.45) is 2.53. The smallest absolute Gasteiger partial charge is 0.317 e. The van der Waals surface area contributed by atoms with E-state index in [0.29, 0.717) is 13.1 Å². The molecule has 7 heteroatoms. The fraction of sp³-hybridized carbons (Fsp3) is 0.524. The molecular weight excluding hydrogens is 358 g/mol. The molecule has 1 unspecified atom stereocenters. The number of hydrogen-bond donors (Lipinski definition) is 2. The van der Waals surface area contributed by atoms with Gasteiger partial charge < -0.3 is 19.7 Å². The van der Waals surface area contributed by atoms with Crippen LogP contribution in [0.1, 0.15) is 43.6 Å². The number of likely N-dealkylation sites (tertiary alicyclic amines) is 1. The van der Waals surface area contributed by atoms with Gasteiger partial charge in [-0.1, -0.05) is 18.2 Å². The molecule has 2 amide bonds. The molecule has 28 heavy (non-hydrogen) atoms. The Kier molecular flexibility index (Phi) is 6.24. The maximum atomic E-state index is 12.8. The third-order valence-corrected chi connectivity index (χ3v) is 5.61. The van der Waals surface area contributed by atoms with Gasteiger partial charge in [-0.2, -0.15) is 0 Å². The van der Waals surface area contributed by atoms with Gasteiger partial charge in [0.2, 0.25) is 0 Å². The van der Waals surface area contributed by atoms with Gasteiger partial charge in [-0.05, 0) is 46.2 Å². The van der Waals surface area contributed by atoms with Crippen molar-refractivity contribution in [3.05, 3.63) is 35.6 Å². The normalized spacial score (nSPS) is 18.9. The van der Waals surface area contributed by atoms with Crippen LogP contribution in [0.4, 0.5) is 4.79 Å². The van der Waals surface area contributed by atoms with Gasteiger partial charge in [-0.25, -0.2) is 4.79 Å². The van der Waals surface area contributed by atoms with Crippen molar-refractivity contribution in [3.63, 3.8) is 0 Å². The first-order valence-electron chi connectivity index (χ1n) is 9.82. The third kappa shape index (κ3) is 4.47. The summed E-state index contributed by atoms with van der Waals surface area (Å²) >= 11 is 0. The molecular formula is C21H29N3O4. The number of para-hydroxylation sites is 1. The van der Waals surface area contributed by atoms with E-state index in [9.17, 15) is 9.59 Å². The lowest BCUT2D eigenvalue weighted by molar-refractivity contribution is -0.138. The molecule has 0 aliphatic carbocycles. The number of rotatable bonds is 5. The van der Waals surface area contributed by atoms with Crippen LogP contribution in [0.25, 0.3) is 11.0 Å². The summed E-state index contributed by atoms with van der Waals surface area (Å²) in [5, 5.41) is 13.1. The van der Waals surface area contributed by atoms with Crippen molar-refractivity contribution in [1.29, 1.82) is 0 Å². The van der Waals surface area contributed by atoms with E-state index >= 15 is 0 Å². The predicted molar refractivity (Wildman–Crippen MR) is 107 cm³/mol. The van der Waals surface area contributed by atoms with Crippen molar-refractivity contribution in [1.82, 2.24) is 15.1 Å². The Bertz CT molecular complexity index is 847. The number of hydrogen-bond acceptors (Lipinski definition) is 4. The Balaban J connectivity index is 1.61. The van der Waals surface area contributed by atoms with Gasteiger partial charge in [0.15, 0.2) is 0 Å². The molecule has 0 bridgehead atoms. The van der Waals surface area contributed by atoms with Gasteiger partial charge in [0, 0.05) is 30.1 Å². The highest BCUT2D eigenvalue weighted by atomic mass is 16.4.